The molecular formula is C9H9F3N2O2. The van der Waals surface area contributed by atoms with Gasteiger partial charge in [0.1, 0.15) is 5.69 Å². The number of pyridine rings is 1. The summed E-state index contributed by atoms with van der Waals surface area (Å²) in [6.07, 6.45) is -3.65. The number of carbonyl (C=O) groups excluding carboxylic acids is 1. The fraction of sp³-hybridized carbons (Fsp3) is 0.333. The third-order valence-electron chi connectivity index (χ3n) is 1.84. The van der Waals surface area contributed by atoms with E-state index < -0.39 is 17.8 Å². The van der Waals surface area contributed by atoms with Gasteiger partial charge in [0.25, 0.3) is 5.91 Å². The molecule has 0 atom stereocenters. The molecule has 1 N–H and O–H groups in total. The van der Waals surface area contributed by atoms with Crippen LogP contribution in [0.4, 0.5) is 13.2 Å². The topological polar surface area (TPSA) is 51.2 Å². The third-order valence-corrected chi connectivity index (χ3v) is 1.84. The van der Waals surface area contributed by atoms with E-state index in [9.17, 15) is 18.0 Å². The molecule has 0 aromatic carbocycles. The molecule has 88 valence electrons. The fourth-order valence-corrected chi connectivity index (χ4v) is 1.10. The highest BCUT2D eigenvalue weighted by molar-refractivity contribution is 5.94. The molecule has 0 radical (unpaired) electrons. The van der Waals surface area contributed by atoms with Gasteiger partial charge in [-0.15, -0.1) is 0 Å². The van der Waals surface area contributed by atoms with Gasteiger partial charge in [0, 0.05) is 6.20 Å². The zero-order valence-corrected chi connectivity index (χ0v) is 8.55. The standard InChI is InChI=1S/C9H9F3N2O2/c1-5-3-7(9(10,11)12)13-4-6(5)8(15)14-16-2/h3-4H,1-2H3,(H,14,15). The Kier molecular flexibility index (Phi) is 3.48. The van der Waals surface area contributed by atoms with E-state index in [2.05, 4.69) is 9.82 Å². The van der Waals surface area contributed by atoms with Crippen LogP contribution in [0.2, 0.25) is 0 Å². The number of nitrogens with one attached hydrogen (secondary N) is 1. The Morgan fingerprint density at radius 3 is 2.56 bits per heavy atom. The van der Waals surface area contributed by atoms with Crippen LogP contribution in [-0.2, 0) is 11.0 Å². The second-order valence-electron chi connectivity index (χ2n) is 3.02. The largest absolute Gasteiger partial charge is 0.433 e. The molecule has 1 amide bonds. The number of nitrogens with zero attached hydrogens (tertiary/aromatic N) is 1. The summed E-state index contributed by atoms with van der Waals surface area (Å²) >= 11 is 0. The molecule has 7 heteroatoms. The van der Waals surface area contributed by atoms with E-state index in [1.165, 1.54) is 14.0 Å². The molecule has 0 saturated carbocycles. The van der Waals surface area contributed by atoms with Crippen molar-refractivity contribution >= 4 is 5.91 Å². The van der Waals surface area contributed by atoms with Crippen LogP contribution in [0.3, 0.4) is 0 Å². The number of carbonyl (C=O) groups is 1. The van der Waals surface area contributed by atoms with Crippen LogP contribution in [0.15, 0.2) is 12.3 Å². The van der Waals surface area contributed by atoms with Crippen molar-refractivity contribution in [1.82, 2.24) is 10.5 Å². The molecular weight excluding hydrogens is 225 g/mol. The number of amides is 1. The Balaban J connectivity index is 3.05. The maximum atomic E-state index is 12.3. The van der Waals surface area contributed by atoms with E-state index in [-0.39, 0.29) is 11.1 Å². The summed E-state index contributed by atoms with van der Waals surface area (Å²) in [6, 6.07) is 0.810. The second kappa shape index (κ2) is 4.48. The highest BCUT2D eigenvalue weighted by atomic mass is 19.4. The SMILES string of the molecule is CONC(=O)c1cnc(C(F)(F)F)cc1C. The molecule has 1 rings (SSSR count). The van der Waals surface area contributed by atoms with Crippen LogP contribution in [-0.4, -0.2) is 18.0 Å². The molecule has 16 heavy (non-hydrogen) atoms. The van der Waals surface area contributed by atoms with Gasteiger partial charge in [-0.2, -0.15) is 13.2 Å². The minimum absolute atomic E-state index is 0.0369. The maximum Gasteiger partial charge on any atom is 0.433 e. The monoisotopic (exact) mass is 234 g/mol. The Bertz CT molecular complexity index is 404. The molecule has 0 bridgehead atoms. The predicted octanol–water partition coefficient (Wildman–Crippen LogP) is 1.70. The zero-order valence-electron chi connectivity index (χ0n) is 8.55. The summed E-state index contributed by atoms with van der Waals surface area (Å²) in [5.74, 6) is -0.638. The van der Waals surface area contributed by atoms with Gasteiger partial charge in [0.15, 0.2) is 0 Å². The molecule has 0 spiro atoms. The van der Waals surface area contributed by atoms with E-state index in [1.807, 2.05) is 5.48 Å². The first kappa shape index (κ1) is 12.4. The average Bonchev–Trinajstić information content (AvgIpc) is 2.16. The number of aromatic nitrogens is 1. The van der Waals surface area contributed by atoms with Crippen LogP contribution in [0, 0.1) is 6.92 Å². The summed E-state index contributed by atoms with van der Waals surface area (Å²) < 4.78 is 36.8. The van der Waals surface area contributed by atoms with Gasteiger partial charge >= 0.3 is 6.18 Å². The normalized spacial score (nSPS) is 11.3. The second-order valence-corrected chi connectivity index (χ2v) is 3.02. The number of hydrogen-bond acceptors (Lipinski definition) is 3. The van der Waals surface area contributed by atoms with Crippen molar-refractivity contribution in [2.24, 2.45) is 0 Å². The summed E-state index contributed by atoms with van der Waals surface area (Å²) in [7, 11) is 1.23. The van der Waals surface area contributed by atoms with Crippen molar-refractivity contribution in [2.45, 2.75) is 13.1 Å². The highest BCUT2D eigenvalue weighted by Gasteiger charge is 2.33. The molecule has 0 aliphatic rings. The van der Waals surface area contributed by atoms with E-state index in [0.29, 0.717) is 0 Å². The molecule has 0 aliphatic heterocycles. The first-order valence-corrected chi connectivity index (χ1v) is 4.23. The lowest BCUT2D eigenvalue weighted by Crippen LogP contribution is -2.23. The summed E-state index contributed by atoms with van der Waals surface area (Å²) in [6.45, 7) is 1.39. The van der Waals surface area contributed by atoms with Crippen molar-refractivity contribution in [3.8, 4) is 0 Å². The Labute approximate surface area is 89.4 Å². The van der Waals surface area contributed by atoms with E-state index in [1.54, 1.807) is 0 Å². The lowest BCUT2D eigenvalue weighted by molar-refractivity contribution is -0.141. The fourth-order valence-electron chi connectivity index (χ4n) is 1.10. The van der Waals surface area contributed by atoms with Crippen molar-refractivity contribution in [1.29, 1.82) is 0 Å². The minimum Gasteiger partial charge on any atom is -0.277 e. The Morgan fingerprint density at radius 1 is 1.50 bits per heavy atom. The molecule has 0 aliphatic carbocycles. The summed E-state index contributed by atoms with van der Waals surface area (Å²) in [4.78, 5) is 18.8. The lowest BCUT2D eigenvalue weighted by Gasteiger charge is -2.09. The van der Waals surface area contributed by atoms with Crippen molar-refractivity contribution in [2.75, 3.05) is 7.11 Å². The van der Waals surface area contributed by atoms with Gasteiger partial charge in [-0.3, -0.25) is 14.6 Å². The lowest BCUT2D eigenvalue weighted by atomic mass is 10.1. The van der Waals surface area contributed by atoms with Gasteiger partial charge in [0.05, 0.1) is 12.7 Å². The average molecular weight is 234 g/mol. The highest BCUT2D eigenvalue weighted by Crippen LogP contribution is 2.28. The number of hydroxylamine groups is 1. The molecule has 0 fully saturated rings. The predicted molar refractivity (Wildman–Crippen MR) is 48.5 cm³/mol. The van der Waals surface area contributed by atoms with Crippen LogP contribution in [0.5, 0.6) is 0 Å². The van der Waals surface area contributed by atoms with Gasteiger partial charge in [-0.05, 0) is 18.6 Å². The van der Waals surface area contributed by atoms with Gasteiger partial charge < -0.3 is 0 Å². The third kappa shape index (κ3) is 2.69. The van der Waals surface area contributed by atoms with Gasteiger partial charge in [0.2, 0.25) is 0 Å². The van der Waals surface area contributed by atoms with Crippen LogP contribution >= 0.6 is 0 Å². The number of halogens is 3. The van der Waals surface area contributed by atoms with Gasteiger partial charge in [-0.25, -0.2) is 5.48 Å². The van der Waals surface area contributed by atoms with Crippen LogP contribution in [0.25, 0.3) is 0 Å². The first-order chi connectivity index (χ1) is 7.36. The Morgan fingerprint density at radius 2 is 2.12 bits per heavy atom. The molecule has 1 aromatic rings. The number of aryl methyl sites for hydroxylation is 1. The van der Waals surface area contributed by atoms with Crippen LogP contribution < -0.4 is 5.48 Å². The van der Waals surface area contributed by atoms with E-state index in [0.717, 1.165) is 12.3 Å². The quantitative estimate of drug-likeness (QED) is 0.792. The van der Waals surface area contributed by atoms with Crippen LogP contribution in [0.1, 0.15) is 21.6 Å². The minimum atomic E-state index is -4.51. The van der Waals surface area contributed by atoms with Gasteiger partial charge in [-0.1, -0.05) is 0 Å². The van der Waals surface area contributed by atoms with Crippen molar-refractivity contribution in [3.63, 3.8) is 0 Å². The maximum absolute atomic E-state index is 12.3. The number of hydrogen-bond donors (Lipinski definition) is 1. The molecule has 0 saturated heterocycles. The van der Waals surface area contributed by atoms with Crippen molar-refractivity contribution < 1.29 is 22.8 Å². The smallest absolute Gasteiger partial charge is 0.277 e. The number of rotatable bonds is 2. The van der Waals surface area contributed by atoms with Crippen molar-refractivity contribution in [3.05, 3.63) is 29.1 Å². The molecule has 0 unspecified atom stereocenters. The summed E-state index contributed by atoms with van der Waals surface area (Å²) in [5.41, 5.74) is 1.19. The summed E-state index contributed by atoms with van der Waals surface area (Å²) in [5, 5.41) is 0. The van der Waals surface area contributed by atoms with E-state index >= 15 is 0 Å². The number of alkyl halides is 3. The molecule has 4 nitrogen and oxygen atoms in total. The Hall–Kier alpha value is -1.63. The molecule has 1 heterocycles. The zero-order chi connectivity index (χ0) is 12.3. The first-order valence-electron chi connectivity index (χ1n) is 4.23. The molecule has 1 aromatic heterocycles. The van der Waals surface area contributed by atoms with E-state index in [4.69, 9.17) is 0 Å².